The summed E-state index contributed by atoms with van der Waals surface area (Å²) in [5, 5.41) is 8.25. The van der Waals surface area contributed by atoms with Crippen molar-refractivity contribution in [3.05, 3.63) is 16.8 Å². The third-order valence-corrected chi connectivity index (χ3v) is 3.40. The summed E-state index contributed by atoms with van der Waals surface area (Å²) >= 11 is 5.10. The second kappa shape index (κ2) is 6.60. The van der Waals surface area contributed by atoms with Crippen LogP contribution in [0.4, 0.5) is 5.82 Å². The van der Waals surface area contributed by atoms with Crippen LogP contribution in [-0.2, 0) is 9.53 Å². The predicted molar refractivity (Wildman–Crippen MR) is 81.8 cm³/mol. The van der Waals surface area contributed by atoms with Crippen LogP contribution in [-0.4, -0.2) is 41.9 Å². The molecule has 0 aromatic carbocycles. The third kappa shape index (κ3) is 3.41. The van der Waals surface area contributed by atoms with Crippen LogP contribution >= 0.6 is 12.2 Å². The molecule has 7 heteroatoms. The van der Waals surface area contributed by atoms with Gasteiger partial charge in [-0.2, -0.15) is 5.10 Å². The second-order valence-corrected chi connectivity index (χ2v) is 5.22. The number of aromatic nitrogens is 2. The zero-order valence-electron chi connectivity index (χ0n) is 12.4. The molecule has 0 radical (unpaired) electrons. The van der Waals surface area contributed by atoms with Crippen molar-refractivity contribution in [1.29, 1.82) is 0 Å². The molecular weight excluding hydrogens is 276 g/mol. The fraction of sp³-hybridized carbons (Fsp3) is 0.538. The van der Waals surface area contributed by atoms with E-state index in [-0.39, 0.29) is 16.9 Å². The van der Waals surface area contributed by atoms with Gasteiger partial charge in [-0.3, -0.25) is 4.79 Å². The first kappa shape index (κ1) is 16.3. The Morgan fingerprint density at radius 3 is 2.55 bits per heavy atom. The number of carbonyl (C=O) groups excluding carboxylic acids is 1. The summed E-state index contributed by atoms with van der Waals surface area (Å²) < 4.78 is 4.72. The Labute approximate surface area is 124 Å². The molecule has 2 N–H and O–H groups in total. The lowest BCUT2D eigenvalue weighted by Crippen LogP contribution is -2.32. The Morgan fingerprint density at radius 2 is 2.05 bits per heavy atom. The number of nitrogens with zero attached hydrogens (tertiary/aromatic N) is 3. The van der Waals surface area contributed by atoms with E-state index in [2.05, 4.69) is 10.2 Å². The first-order valence-electron chi connectivity index (χ1n) is 6.22. The van der Waals surface area contributed by atoms with Gasteiger partial charge in [-0.1, -0.05) is 19.1 Å². The maximum Gasteiger partial charge on any atom is 0.310 e. The highest BCUT2D eigenvalue weighted by molar-refractivity contribution is 7.80. The Balaban J connectivity index is 3.10. The number of anilines is 1. The lowest BCUT2D eigenvalue weighted by Gasteiger charge is -2.24. The number of rotatable bonds is 5. The van der Waals surface area contributed by atoms with E-state index in [1.807, 2.05) is 25.8 Å². The minimum atomic E-state index is -0.285. The molecule has 20 heavy (non-hydrogen) atoms. The zero-order chi connectivity index (χ0) is 15.4. The number of hydrogen-bond donors (Lipinski definition) is 1. The van der Waals surface area contributed by atoms with Gasteiger partial charge in [0.25, 0.3) is 0 Å². The fourth-order valence-electron chi connectivity index (χ4n) is 1.93. The van der Waals surface area contributed by atoms with Crippen LogP contribution in [0.5, 0.6) is 0 Å². The van der Waals surface area contributed by atoms with Gasteiger partial charge in [0.15, 0.2) is 5.82 Å². The van der Waals surface area contributed by atoms with E-state index >= 15 is 0 Å². The van der Waals surface area contributed by atoms with Crippen LogP contribution in [0.15, 0.2) is 0 Å². The molecule has 0 bridgehead atoms. The van der Waals surface area contributed by atoms with Gasteiger partial charge >= 0.3 is 5.97 Å². The number of carbonyl (C=O) groups is 1. The van der Waals surface area contributed by atoms with Crippen LogP contribution in [0.25, 0.3) is 0 Å². The molecule has 0 aliphatic heterocycles. The first-order valence-corrected chi connectivity index (χ1v) is 6.63. The summed E-state index contributed by atoms with van der Waals surface area (Å²) in [4.78, 5) is 13.6. The van der Waals surface area contributed by atoms with Crippen molar-refractivity contribution in [1.82, 2.24) is 10.2 Å². The highest BCUT2D eigenvalue weighted by atomic mass is 32.1. The molecule has 0 amide bonds. The molecule has 1 aromatic rings. The molecular formula is C13H20N4O2S. The number of ether oxygens (including phenoxy) is 1. The lowest BCUT2D eigenvalue weighted by molar-refractivity contribution is -0.144. The molecule has 0 fully saturated rings. The van der Waals surface area contributed by atoms with Crippen molar-refractivity contribution in [2.45, 2.75) is 20.8 Å². The summed E-state index contributed by atoms with van der Waals surface area (Å²) in [5.74, 6) is 0.0227. The monoisotopic (exact) mass is 296 g/mol. The third-order valence-electron chi connectivity index (χ3n) is 3.20. The Kier molecular flexibility index (Phi) is 5.38. The van der Waals surface area contributed by atoms with Crippen LogP contribution < -0.4 is 10.6 Å². The van der Waals surface area contributed by atoms with Gasteiger partial charge in [-0.05, 0) is 19.4 Å². The maximum atomic E-state index is 11.5. The summed E-state index contributed by atoms with van der Waals surface area (Å²) in [6.07, 6.45) is 0. The number of esters is 1. The van der Waals surface area contributed by atoms with Crippen molar-refractivity contribution >= 4 is 29.0 Å². The van der Waals surface area contributed by atoms with E-state index < -0.39 is 0 Å². The van der Waals surface area contributed by atoms with Gasteiger partial charge in [0.05, 0.1) is 24.3 Å². The molecule has 6 nitrogen and oxygen atoms in total. The van der Waals surface area contributed by atoms with Crippen LogP contribution in [0, 0.1) is 19.8 Å². The van der Waals surface area contributed by atoms with Crippen molar-refractivity contribution in [3.63, 3.8) is 0 Å². The molecule has 0 aliphatic carbocycles. The van der Waals surface area contributed by atoms with E-state index in [9.17, 15) is 4.79 Å². The standard InChI is InChI=1S/C13H20N4O2S/c1-7(13(18)19-5)6-17(4)12-10(11(14)20)8(2)9(3)15-16-12/h7H,6H2,1-5H3,(H2,14,20). The Hall–Kier alpha value is -1.76. The van der Waals surface area contributed by atoms with Crippen LogP contribution in [0.3, 0.4) is 0 Å². The molecule has 1 heterocycles. The van der Waals surface area contributed by atoms with Gasteiger partial charge < -0.3 is 15.4 Å². The second-order valence-electron chi connectivity index (χ2n) is 4.78. The highest BCUT2D eigenvalue weighted by Crippen LogP contribution is 2.22. The van der Waals surface area contributed by atoms with Crippen molar-refractivity contribution in [2.75, 3.05) is 25.6 Å². The average Bonchev–Trinajstić information content (AvgIpc) is 2.39. The summed E-state index contributed by atoms with van der Waals surface area (Å²) in [5.41, 5.74) is 8.17. The van der Waals surface area contributed by atoms with E-state index in [0.29, 0.717) is 17.9 Å². The van der Waals surface area contributed by atoms with Gasteiger partial charge in [-0.25, -0.2) is 0 Å². The minimum absolute atomic E-state index is 0.271. The number of thiocarbonyl (C=S) groups is 1. The number of methoxy groups -OCH3 is 1. The number of aryl methyl sites for hydroxylation is 1. The average molecular weight is 296 g/mol. The van der Waals surface area contributed by atoms with Crippen LogP contribution in [0.2, 0.25) is 0 Å². The quantitative estimate of drug-likeness (QED) is 0.640. The maximum absolute atomic E-state index is 11.5. The normalized spacial score (nSPS) is 11.8. The highest BCUT2D eigenvalue weighted by Gasteiger charge is 2.21. The summed E-state index contributed by atoms with van der Waals surface area (Å²) in [6, 6.07) is 0. The molecule has 110 valence electrons. The topological polar surface area (TPSA) is 81.3 Å². The minimum Gasteiger partial charge on any atom is -0.469 e. The summed E-state index contributed by atoms with van der Waals surface area (Å²) in [6.45, 7) is 5.99. The van der Waals surface area contributed by atoms with E-state index in [1.165, 1.54) is 7.11 Å². The molecule has 0 saturated carbocycles. The lowest BCUT2D eigenvalue weighted by atomic mass is 10.1. The van der Waals surface area contributed by atoms with Gasteiger partial charge in [0.2, 0.25) is 0 Å². The van der Waals surface area contributed by atoms with Crippen molar-refractivity contribution in [2.24, 2.45) is 11.7 Å². The molecule has 0 saturated heterocycles. The molecule has 0 aliphatic rings. The van der Waals surface area contributed by atoms with E-state index in [1.54, 1.807) is 6.92 Å². The van der Waals surface area contributed by atoms with E-state index in [4.69, 9.17) is 22.7 Å². The van der Waals surface area contributed by atoms with E-state index in [0.717, 1.165) is 11.3 Å². The van der Waals surface area contributed by atoms with Gasteiger partial charge in [0.1, 0.15) is 4.99 Å². The number of hydrogen-bond acceptors (Lipinski definition) is 6. The van der Waals surface area contributed by atoms with Gasteiger partial charge in [0, 0.05) is 13.6 Å². The molecule has 1 unspecified atom stereocenters. The van der Waals surface area contributed by atoms with Crippen LogP contribution in [0.1, 0.15) is 23.7 Å². The Bertz CT molecular complexity index is 533. The largest absolute Gasteiger partial charge is 0.469 e. The predicted octanol–water partition coefficient (Wildman–Crippen LogP) is 0.973. The summed E-state index contributed by atoms with van der Waals surface area (Å²) in [7, 11) is 3.19. The Morgan fingerprint density at radius 1 is 1.45 bits per heavy atom. The smallest absolute Gasteiger partial charge is 0.310 e. The van der Waals surface area contributed by atoms with Crippen molar-refractivity contribution < 1.29 is 9.53 Å². The zero-order valence-corrected chi connectivity index (χ0v) is 13.2. The molecule has 1 rings (SSSR count). The molecule has 1 atom stereocenters. The molecule has 1 aromatic heterocycles. The number of nitrogens with two attached hydrogens (primary N) is 1. The first-order chi connectivity index (χ1) is 9.29. The van der Waals surface area contributed by atoms with Crippen molar-refractivity contribution in [3.8, 4) is 0 Å². The SMILES string of the molecule is COC(=O)C(C)CN(C)c1nnc(C)c(C)c1C(N)=S. The fourth-order valence-corrected chi connectivity index (χ4v) is 2.18. The molecule has 0 spiro atoms. The van der Waals surface area contributed by atoms with Gasteiger partial charge in [-0.15, -0.1) is 5.10 Å².